The van der Waals surface area contributed by atoms with Gasteiger partial charge in [-0.25, -0.2) is 0 Å². The van der Waals surface area contributed by atoms with Crippen LogP contribution in [0.3, 0.4) is 0 Å². The van der Waals surface area contributed by atoms with Gasteiger partial charge in [0.2, 0.25) is 0 Å². The number of hydrogen-bond donors (Lipinski definition) is 3. The molecule has 4 aromatic carbocycles. The van der Waals surface area contributed by atoms with Gasteiger partial charge in [-0.15, -0.1) is 0 Å². The lowest BCUT2D eigenvalue weighted by Crippen LogP contribution is -2.44. The lowest BCUT2D eigenvalue weighted by atomic mass is 9.83. The second-order valence-corrected chi connectivity index (χ2v) is 10.6. The molecule has 0 fully saturated rings. The Morgan fingerprint density at radius 1 is 0.837 bits per heavy atom. The van der Waals surface area contributed by atoms with Gasteiger partial charge >= 0.3 is 0 Å². The number of nitrogen functional groups attached to an aromatic ring is 1. The Bertz CT molecular complexity index is 1730. The Labute approximate surface area is 250 Å². The van der Waals surface area contributed by atoms with Gasteiger partial charge in [-0.3, -0.25) is 24.6 Å². The number of amidine groups is 1. The van der Waals surface area contributed by atoms with Gasteiger partial charge in [0.25, 0.3) is 11.8 Å². The number of amides is 2. The summed E-state index contributed by atoms with van der Waals surface area (Å²) in [6, 6.07) is 25.7. The first-order chi connectivity index (χ1) is 20.7. The van der Waals surface area contributed by atoms with Gasteiger partial charge in [0.05, 0.1) is 0 Å². The molecule has 216 valence electrons. The summed E-state index contributed by atoms with van der Waals surface area (Å²) in [7, 11) is 1.59. The first kappa shape index (κ1) is 29.1. The Morgan fingerprint density at radius 2 is 1.44 bits per heavy atom. The van der Waals surface area contributed by atoms with Crippen molar-refractivity contribution in [1.29, 1.82) is 5.41 Å². The van der Waals surface area contributed by atoms with Crippen LogP contribution in [0, 0.1) is 5.41 Å². The van der Waals surface area contributed by atoms with Gasteiger partial charge in [-0.1, -0.05) is 66.7 Å². The van der Waals surface area contributed by atoms with Crippen LogP contribution >= 0.6 is 0 Å². The summed E-state index contributed by atoms with van der Waals surface area (Å²) in [5.41, 5.74) is 12.0. The van der Waals surface area contributed by atoms with E-state index in [9.17, 15) is 19.2 Å². The second-order valence-electron chi connectivity index (χ2n) is 10.6. The summed E-state index contributed by atoms with van der Waals surface area (Å²) < 4.78 is 0. The van der Waals surface area contributed by atoms with Crippen LogP contribution in [0.25, 0.3) is 11.1 Å². The molecule has 8 heteroatoms. The lowest BCUT2D eigenvalue weighted by Gasteiger charge is -2.37. The summed E-state index contributed by atoms with van der Waals surface area (Å²) in [6.45, 7) is 1.82. The summed E-state index contributed by atoms with van der Waals surface area (Å²) >= 11 is 0. The van der Waals surface area contributed by atoms with E-state index in [1.165, 1.54) is 6.92 Å². The summed E-state index contributed by atoms with van der Waals surface area (Å²) in [4.78, 5) is 53.4. The van der Waals surface area contributed by atoms with Crippen molar-refractivity contribution in [2.45, 2.75) is 25.8 Å². The maximum Gasteiger partial charge on any atom is 0.254 e. The van der Waals surface area contributed by atoms with Crippen LogP contribution in [-0.4, -0.2) is 47.7 Å². The summed E-state index contributed by atoms with van der Waals surface area (Å²) in [5.74, 6) is -0.744. The molecular weight excluding hydrogens is 540 g/mol. The summed E-state index contributed by atoms with van der Waals surface area (Å²) in [5, 5.41) is 10.3. The summed E-state index contributed by atoms with van der Waals surface area (Å²) in [6.07, 6.45) is 0.622. The third kappa shape index (κ3) is 5.99. The standard InChI is InChI=1S/C35H32N4O4/c1-21(40)23-8-6-22(7-9-23)20-31(41)32-30-5-3-4-28(24-10-14-26(15-11-24)34(42)38-2)29(30)18-19-39(32)35(43)27-16-12-25(13-17-27)33(36)37/h3-17,32H,18-20H2,1-2H3,(H3,36,37)(H,38,42). The van der Waals surface area contributed by atoms with Crippen molar-refractivity contribution in [1.82, 2.24) is 10.2 Å². The van der Waals surface area contributed by atoms with Crippen molar-refractivity contribution in [3.05, 3.63) is 130 Å². The molecule has 5 rings (SSSR count). The number of nitrogens with two attached hydrogens (primary N) is 1. The normalized spacial score (nSPS) is 14.0. The minimum Gasteiger partial charge on any atom is -0.384 e. The molecule has 1 aliphatic rings. The minimum absolute atomic E-state index is 0.0532. The minimum atomic E-state index is -0.832. The van der Waals surface area contributed by atoms with E-state index in [1.807, 2.05) is 30.3 Å². The lowest BCUT2D eigenvalue weighted by molar-refractivity contribution is -0.123. The predicted molar refractivity (Wildman–Crippen MR) is 165 cm³/mol. The Hall–Kier alpha value is -5.37. The van der Waals surface area contributed by atoms with Gasteiger partial charge < -0.3 is 16.0 Å². The van der Waals surface area contributed by atoms with Crippen molar-refractivity contribution in [3.63, 3.8) is 0 Å². The number of fused-ring (bicyclic) bond motifs is 1. The highest BCUT2D eigenvalue weighted by molar-refractivity contribution is 6.01. The fourth-order valence-electron chi connectivity index (χ4n) is 5.56. The van der Waals surface area contributed by atoms with E-state index in [0.29, 0.717) is 35.2 Å². The van der Waals surface area contributed by atoms with Crippen LogP contribution in [0.2, 0.25) is 0 Å². The molecule has 1 unspecified atom stereocenters. The Kier molecular flexibility index (Phi) is 8.29. The average Bonchev–Trinajstić information content (AvgIpc) is 3.03. The maximum atomic E-state index is 14.1. The smallest absolute Gasteiger partial charge is 0.254 e. The Balaban J connectivity index is 1.54. The maximum absolute atomic E-state index is 14.1. The molecule has 43 heavy (non-hydrogen) atoms. The zero-order chi connectivity index (χ0) is 30.7. The molecule has 1 heterocycles. The van der Waals surface area contributed by atoms with Crippen molar-refractivity contribution < 1.29 is 19.2 Å². The first-order valence-electron chi connectivity index (χ1n) is 14.0. The number of carbonyl (C=O) groups is 4. The molecule has 2 amide bonds. The number of rotatable bonds is 8. The van der Waals surface area contributed by atoms with Crippen LogP contribution in [-0.2, 0) is 17.6 Å². The van der Waals surface area contributed by atoms with Crippen LogP contribution in [0.5, 0.6) is 0 Å². The number of hydrogen-bond acceptors (Lipinski definition) is 5. The average molecular weight is 573 g/mol. The van der Waals surface area contributed by atoms with E-state index in [1.54, 1.807) is 72.6 Å². The van der Waals surface area contributed by atoms with E-state index in [4.69, 9.17) is 11.1 Å². The molecule has 1 aliphatic heterocycles. The van der Waals surface area contributed by atoms with Gasteiger partial charge in [0.1, 0.15) is 11.9 Å². The van der Waals surface area contributed by atoms with Crippen molar-refractivity contribution in [3.8, 4) is 11.1 Å². The number of nitrogens with zero attached hydrogens (tertiary/aromatic N) is 1. The van der Waals surface area contributed by atoms with Crippen molar-refractivity contribution in [2.24, 2.45) is 5.73 Å². The third-order valence-electron chi connectivity index (χ3n) is 7.85. The van der Waals surface area contributed by atoms with E-state index in [0.717, 1.165) is 27.8 Å². The molecule has 0 saturated carbocycles. The Morgan fingerprint density at radius 3 is 2.05 bits per heavy atom. The van der Waals surface area contributed by atoms with E-state index in [2.05, 4.69) is 5.32 Å². The van der Waals surface area contributed by atoms with Gasteiger partial charge in [0, 0.05) is 42.3 Å². The molecule has 0 saturated heterocycles. The largest absolute Gasteiger partial charge is 0.384 e. The number of ketones is 2. The molecule has 0 spiro atoms. The quantitative estimate of drug-likeness (QED) is 0.159. The molecule has 4 aromatic rings. The zero-order valence-corrected chi connectivity index (χ0v) is 24.0. The number of benzene rings is 4. The van der Waals surface area contributed by atoms with Gasteiger partial charge in [0.15, 0.2) is 11.6 Å². The molecule has 0 aliphatic carbocycles. The van der Waals surface area contributed by atoms with Gasteiger partial charge in [-0.2, -0.15) is 0 Å². The highest BCUT2D eigenvalue weighted by atomic mass is 16.2. The molecule has 1 atom stereocenters. The molecule has 8 nitrogen and oxygen atoms in total. The fraction of sp³-hybridized carbons (Fsp3) is 0.171. The number of Topliss-reactive ketones (excluding diaryl/α,β-unsaturated/α-hetero) is 2. The topological polar surface area (TPSA) is 133 Å². The van der Waals surface area contributed by atoms with E-state index in [-0.39, 0.29) is 35.6 Å². The monoisotopic (exact) mass is 572 g/mol. The molecule has 0 radical (unpaired) electrons. The van der Waals surface area contributed by atoms with Crippen LogP contribution < -0.4 is 11.1 Å². The van der Waals surface area contributed by atoms with Crippen molar-refractivity contribution >= 4 is 29.2 Å². The van der Waals surface area contributed by atoms with E-state index >= 15 is 0 Å². The highest BCUT2D eigenvalue weighted by Crippen LogP contribution is 2.38. The highest BCUT2D eigenvalue weighted by Gasteiger charge is 2.37. The van der Waals surface area contributed by atoms with Crippen LogP contribution in [0.4, 0.5) is 0 Å². The first-order valence-corrected chi connectivity index (χ1v) is 14.0. The number of carbonyl (C=O) groups excluding carboxylic acids is 4. The van der Waals surface area contributed by atoms with Crippen LogP contribution in [0.15, 0.2) is 91.0 Å². The van der Waals surface area contributed by atoms with Crippen molar-refractivity contribution in [2.75, 3.05) is 13.6 Å². The second kappa shape index (κ2) is 12.2. The number of nitrogens with one attached hydrogen (secondary N) is 2. The van der Waals surface area contributed by atoms with Gasteiger partial charge in [-0.05, 0) is 65.4 Å². The molecule has 4 N–H and O–H groups in total. The molecule has 0 bridgehead atoms. The molecule has 0 aromatic heterocycles. The van der Waals surface area contributed by atoms with Crippen LogP contribution in [0.1, 0.15) is 66.3 Å². The van der Waals surface area contributed by atoms with E-state index < -0.39 is 6.04 Å². The predicted octanol–water partition coefficient (Wildman–Crippen LogP) is 4.75. The SMILES string of the molecule is CNC(=O)c1ccc(-c2cccc3c2CCN(C(=O)c2ccc(C(=N)N)cc2)C3C(=O)Cc2ccc(C(C)=O)cc2)cc1. The third-order valence-corrected chi connectivity index (χ3v) is 7.85. The molecular formula is C35H32N4O4. The fourth-order valence-corrected chi connectivity index (χ4v) is 5.56. The zero-order valence-electron chi connectivity index (χ0n) is 24.0.